The fourth-order valence-electron chi connectivity index (χ4n) is 4.99. The fraction of sp³-hybridized carbons (Fsp3) is 0.478. The number of anilines is 1. The molecule has 0 unspecified atom stereocenters. The lowest BCUT2D eigenvalue weighted by molar-refractivity contribution is 0.0697. The van der Waals surface area contributed by atoms with Gasteiger partial charge in [0, 0.05) is 45.0 Å². The lowest BCUT2D eigenvalue weighted by Gasteiger charge is -2.24. The highest BCUT2D eigenvalue weighted by molar-refractivity contribution is 5.85. The van der Waals surface area contributed by atoms with Gasteiger partial charge in [-0.1, -0.05) is 0 Å². The summed E-state index contributed by atoms with van der Waals surface area (Å²) in [6, 6.07) is 4.45. The third kappa shape index (κ3) is 3.64. The highest BCUT2D eigenvalue weighted by atomic mass is 19.1. The van der Waals surface area contributed by atoms with Crippen LogP contribution in [0.2, 0.25) is 0 Å². The number of halogens is 1. The number of nitrogens with one attached hydrogen (secondary N) is 1. The van der Waals surface area contributed by atoms with Crippen LogP contribution in [0.3, 0.4) is 0 Å². The second kappa shape index (κ2) is 8.48. The summed E-state index contributed by atoms with van der Waals surface area (Å²) >= 11 is 0. The maximum atomic E-state index is 14.1. The summed E-state index contributed by atoms with van der Waals surface area (Å²) in [5, 5.41) is 0. The first-order valence-corrected chi connectivity index (χ1v) is 11.7. The van der Waals surface area contributed by atoms with Crippen molar-refractivity contribution >= 4 is 28.0 Å². The molecule has 178 valence electrons. The average Bonchev–Trinajstić information content (AvgIpc) is 3.33. The number of H-pyrrole nitrogens is 1. The third-order valence-corrected chi connectivity index (χ3v) is 6.84. The number of aromatic amines is 1. The predicted octanol–water partition coefficient (Wildman–Crippen LogP) is 2.09. The first-order valence-electron chi connectivity index (χ1n) is 11.7. The zero-order valence-corrected chi connectivity index (χ0v) is 19.1. The van der Waals surface area contributed by atoms with Gasteiger partial charge in [0.25, 0.3) is 0 Å². The minimum atomic E-state index is -0.355. The molecule has 10 nitrogen and oxygen atoms in total. The van der Waals surface area contributed by atoms with Crippen LogP contribution in [0.1, 0.15) is 25.3 Å². The molecule has 5 heterocycles. The third-order valence-electron chi connectivity index (χ3n) is 6.84. The summed E-state index contributed by atoms with van der Waals surface area (Å²) in [4.78, 5) is 34.8. The number of benzene rings is 1. The Morgan fingerprint density at radius 2 is 1.97 bits per heavy atom. The predicted molar refractivity (Wildman–Crippen MR) is 126 cm³/mol. The Kier molecular flexibility index (Phi) is 5.30. The Morgan fingerprint density at radius 3 is 2.82 bits per heavy atom. The molecular formula is C23H27FN8O2. The Morgan fingerprint density at radius 1 is 1.12 bits per heavy atom. The summed E-state index contributed by atoms with van der Waals surface area (Å²) in [6.07, 6.45) is 4.08. The van der Waals surface area contributed by atoms with Gasteiger partial charge in [0.05, 0.1) is 11.0 Å². The number of hydrogen-bond acceptors (Lipinski definition) is 7. The van der Waals surface area contributed by atoms with E-state index in [1.54, 1.807) is 21.5 Å². The molecular weight excluding hydrogens is 439 g/mol. The van der Waals surface area contributed by atoms with Crippen LogP contribution in [0.15, 0.2) is 29.3 Å². The van der Waals surface area contributed by atoms with E-state index in [-0.39, 0.29) is 17.5 Å². The summed E-state index contributed by atoms with van der Waals surface area (Å²) in [7, 11) is 2.11. The van der Waals surface area contributed by atoms with E-state index in [9.17, 15) is 9.18 Å². The molecule has 11 heteroatoms. The van der Waals surface area contributed by atoms with Gasteiger partial charge in [0.15, 0.2) is 11.5 Å². The van der Waals surface area contributed by atoms with E-state index in [4.69, 9.17) is 14.7 Å². The molecule has 0 radical (unpaired) electrons. The highest BCUT2D eigenvalue weighted by Crippen LogP contribution is 2.29. The number of aromatic nitrogens is 6. The summed E-state index contributed by atoms with van der Waals surface area (Å²) in [5.74, 6) is 0.705. The largest absolute Gasteiger partial charge is 0.381 e. The van der Waals surface area contributed by atoms with Gasteiger partial charge in [0.1, 0.15) is 17.7 Å². The standard InChI is InChI=1S/C23H27FN8O2/c1-29-7-2-8-30(10-9-29)20-19-21(32(23(33)26-19)16-5-11-34-12-6-16)28-22(27-20)31-14-25-17-4-3-15(24)13-18(17)31/h3-4,13-14,16H,2,5-12H2,1H3,(H,26,33). The van der Waals surface area contributed by atoms with Gasteiger partial charge >= 0.3 is 5.69 Å². The van der Waals surface area contributed by atoms with E-state index in [1.165, 1.54) is 12.1 Å². The van der Waals surface area contributed by atoms with E-state index >= 15 is 0 Å². The second-order valence-electron chi connectivity index (χ2n) is 9.08. The van der Waals surface area contributed by atoms with Crippen LogP contribution in [0.4, 0.5) is 10.2 Å². The molecule has 2 aliphatic heterocycles. The summed E-state index contributed by atoms with van der Waals surface area (Å²) < 4.78 is 23.0. The van der Waals surface area contributed by atoms with Crippen molar-refractivity contribution < 1.29 is 9.13 Å². The molecule has 2 fully saturated rings. The van der Waals surface area contributed by atoms with Crippen LogP contribution >= 0.6 is 0 Å². The molecule has 0 amide bonds. The zero-order valence-electron chi connectivity index (χ0n) is 19.1. The molecule has 34 heavy (non-hydrogen) atoms. The van der Waals surface area contributed by atoms with Crippen molar-refractivity contribution in [2.75, 3.05) is 51.3 Å². The molecule has 1 N–H and O–H groups in total. The first kappa shape index (κ1) is 21.2. The number of fused-ring (bicyclic) bond motifs is 2. The minimum Gasteiger partial charge on any atom is -0.381 e. The molecule has 2 aliphatic rings. The monoisotopic (exact) mass is 466 g/mol. The van der Waals surface area contributed by atoms with Gasteiger partial charge in [-0.05, 0) is 45.0 Å². The molecule has 0 spiro atoms. The van der Waals surface area contributed by atoms with Crippen LogP contribution < -0.4 is 10.6 Å². The van der Waals surface area contributed by atoms with Crippen molar-refractivity contribution in [1.29, 1.82) is 0 Å². The summed E-state index contributed by atoms with van der Waals surface area (Å²) in [5.41, 5.74) is 2.24. The molecule has 6 rings (SSSR count). The van der Waals surface area contributed by atoms with Crippen LogP contribution in [0, 0.1) is 5.82 Å². The van der Waals surface area contributed by atoms with E-state index < -0.39 is 0 Å². The number of imidazole rings is 2. The van der Waals surface area contributed by atoms with Crippen molar-refractivity contribution in [3.8, 4) is 5.95 Å². The maximum absolute atomic E-state index is 14.1. The lowest BCUT2D eigenvalue weighted by Crippen LogP contribution is -2.30. The molecule has 0 aliphatic carbocycles. The van der Waals surface area contributed by atoms with Gasteiger partial charge in [-0.2, -0.15) is 9.97 Å². The highest BCUT2D eigenvalue weighted by Gasteiger charge is 2.26. The van der Waals surface area contributed by atoms with Gasteiger partial charge < -0.3 is 19.5 Å². The van der Waals surface area contributed by atoms with E-state index in [1.807, 2.05) is 0 Å². The molecule has 1 aromatic carbocycles. The quantitative estimate of drug-likeness (QED) is 0.494. The summed E-state index contributed by atoms with van der Waals surface area (Å²) in [6.45, 7) is 4.72. The number of rotatable bonds is 3. The number of likely N-dealkylation sites (N-methyl/N-ethyl adjacent to an activating group) is 1. The van der Waals surface area contributed by atoms with Crippen LogP contribution in [0.25, 0.3) is 28.1 Å². The molecule has 0 saturated carbocycles. The number of ether oxygens (including phenoxy) is 1. The minimum absolute atomic E-state index is 0.00200. The van der Waals surface area contributed by atoms with Crippen LogP contribution in [-0.4, -0.2) is 80.4 Å². The number of nitrogens with zero attached hydrogens (tertiary/aromatic N) is 7. The Hall–Kier alpha value is -3.31. The van der Waals surface area contributed by atoms with E-state index in [0.717, 1.165) is 45.4 Å². The van der Waals surface area contributed by atoms with Crippen LogP contribution in [-0.2, 0) is 4.74 Å². The van der Waals surface area contributed by atoms with E-state index in [0.29, 0.717) is 47.2 Å². The SMILES string of the molecule is CN1CCCN(c2nc(-n3cnc4ccc(F)cc43)nc3c2[nH]c(=O)n3C2CCOCC2)CC1. The van der Waals surface area contributed by atoms with Gasteiger partial charge in [-0.3, -0.25) is 9.13 Å². The van der Waals surface area contributed by atoms with Gasteiger partial charge in [-0.15, -0.1) is 0 Å². The molecule has 0 bridgehead atoms. The van der Waals surface area contributed by atoms with Crippen molar-refractivity contribution in [2.45, 2.75) is 25.3 Å². The fourth-order valence-corrected chi connectivity index (χ4v) is 4.99. The molecule has 4 aromatic rings. The molecule has 2 saturated heterocycles. The van der Waals surface area contributed by atoms with Gasteiger partial charge in [-0.25, -0.2) is 14.2 Å². The lowest BCUT2D eigenvalue weighted by atomic mass is 10.1. The van der Waals surface area contributed by atoms with Crippen molar-refractivity contribution in [3.05, 3.63) is 40.8 Å². The van der Waals surface area contributed by atoms with Crippen LogP contribution in [0.5, 0.6) is 0 Å². The Labute approximate surface area is 195 Å². The first-order chi connectivity index (χ1) is 16.6. The second-order valence-corrected chi connectivity index (χ2v) is 9.08. The number of hydrogen-bond donors (Lipinski definition) is 1. The van der Waals surface area contributed by atoms with Crippen molar-refractivity contribution in [2.24, 2.45) is 0 Å². The van der Waals surface area contributed by atoms with Crippen molar-refractivity contribution in [3.63, 3.8) is 0 Å². The van der Waals surface area contributed by atoms with Crippen molar-refractivity contribution in [1.82, 2.24) is 34.0 Å². The zero-order chi connectivity index (χ0) is 23.2. The Bertz CT molecular complexity index is 1400. The maximum Gasteiger partial charge on any atom is 0.328 e. The Balaban J connectivity index is 1.57. The topological polar surface area (TPSA) is 97.1 Å². The van der Waals surface area contributed by atoms with Gasteiger partial charge in [0.2, 0.25) is 5.95 Å². The average molecular weight is 467 g/mol. The molecule has 0 atom stereocenters. The molecule has 3 aromatic heterocycles. The normalized spacial score (nSPS) is 18.7. The van der Waals surface area contributed by atoms with E-state index in [2.05, 4.69) is 26.8 Å². The smallest absolute Gasteiger partial charge is 0.328 e.